The van der Waals surface area contributed by atoms with E-state index in [0.29, 0.717) is 12.3 Å². The Bertz CT molecular complexity index is 393. The lowest BCUT2D eigenvalue weighted by atomic mass is 9.98. The second kappa shape index (κ2) is 7.76. The van der Waals surface area contributed by atoms with Crippen molar-refractivity contribution in [2.24, 2.45) is 16.8 Å². The van der Waals surface area contributed by atoms with Gasteiger partial charge in [0.15, 0.2) is 0 Å². The first kappa shape index (κ1) is 15.5. The molecule has 0 bridgehead atoms. The summed E-state index contributed by atoms with van der Waals surface area (Å²) < 4.78 is 0. The molecule has 0 aliphatic rings. The van der Waals surface area contributed by atoms with Gasteiger partial charge in [-0.2, -0.15) is 0 Å². The summed E-state index contributed by atoms with van der Waals surface area (Å²) in [6, 6.07) is 9.68. The molecule has 2 atom stereocenters. The number of benzene rings is 1. The summed E-state index contributed by atoms with van der Waals surface area (Å²) in [5.74, 6) is 0.463. The standard InChI is InChI=1S/C14H23N3O2/c1-10(2)13(9-18)16-12(8-14(15)17-19)11-6-4-3-5-7-11/h3-7,10,12-13,16,18-19H,8-9H2,1-2H3,(H2,15,17)/t12?,13-/m1/s1. The Morgan fingerprint density at radius 1 is 1.32 bits per heavy atom. The van der Waals surface area contributed by atoms with Crippen molar-refractivity contribution in [1.29, 1.82) is 0 Å². The highest BCUT2D eigenvalue weighted by atomic mass is 16.4. The SMILES string of the molecule is CC(C)[C@@H](CO)NC(CC(N)=NO)c1ccccc1. The van der Waals surface area contributed by atoms with E-state index >= 15 is 0 Å². The van der Waals surface area contributed by atoms with Crippen molar-refractivity contribution >= 4 is 5.84 Å². The highest BCUT2D eigenvalue weighted by molar-refractivity contribution is 5.80. The third-order valence-corrected chi connectivity index (χ3v) is 3.16. The van der Waals surface area contributed by atoms with Gasteiger partial charge in [-0.05, 0) is 11.5 Å². The zero-order valence-electron chi connectivity index (χ0n) is 11.5. The molecular formula is C14H23N3O2. The van der Waals surface area contributed by atoms with Gasteiger partial charge in [-0.25, -0.2) is 0 Å². The molecule has 5 N–H and O–H groups in total. The van der Waals surface area contributed by atoms with Crippen molar-refractivity contribution in [3.8, 4) is 0 Å². The molecule has 19 heavy (non-hydrogen) atoms. The van der Waals surface area contributed by atoms with Gasteiger partial charge in [0.25, 0.3) is 0 Å². The first-order valence-electron chi connectivity index (χ1n) is 6.46. The predicted molar refractivity (Wildman–Crippen MR) is 76.1 cm³/mol. The van der Waals surface area contributed by atoms with Gasteiger partial charge in [-0.15, -0.1) is 0 Å². The topological polar surface area (TPSA) is 90.9 Å². The molecular weight excluding hydrogens is 242 g/mol. The molecule has 0 aromatic heterocycles. The third-order valence-electron chi connectivity index (χ3n) is 3.16. The van der Waals surface area contributed by atoms with Gasteiger partial charge in [0.05, 0.1) is 6.61 Å². The molecule has 0 aliphatic carbocycles. The quantitative estimate of drug-likeness (QED) is 0.260. The number of amidine groups is 1. The number of aliphatic hydroxyl groups is 1. The lowest BCUT2D eigenvalue weighted by molar-refractivity contribution is 0.199. The van der Waals surface area contributed by atoms with Crippen LogP contribution in [0.15, 0.2) is 35.5 Å². The van der Waals surface area contributed by atoms with E-state index in [1.165, 1.54) is 0 Å². The van der Waals surface area contributed by atoms with Crippen LogP contribution in [0.3, 0.4) is 0 Å². The Kier molecular flexibility index (Phi) is 6.32. The largest absolute Gasteiger partial charge is 0.409 e. The molecule has 0 heterocycles. The zero-order chi connectivity index (χ0) is 14.3. The summed E-state index contributed by atoms with van der Waals surface area (Å²) in [4.78, 5) is 0. The van der Waals surface area contributed by atoms with Crippen LogP contribution in [-0.4, -0.2) is 28.8 Å². The highest BCUT2D eigenvalue weighted by Gasteiger charge is 2.20. The number of hydrogen-bond donors (Lipinski definition) is 4. The van der Waals surface area contributed by atoms with Crippen LogP contribution in [0.1, 0.15) is 31.9 Å². The zero-order valence-corrected chi connectivity index (χ0v) is 11.5. The fraction of sp³-hybridized carbons (Fsp3) is 0.500. The van der Waals surface area contributed by atoms with Crippen LogP contribution in [-0.2, 0) is 0 Å². The van der Waals surface area contributed by atoms with Gasteiger partial charge in [-0.3, -0.25) is 0 Å². The number of hydrogen-bond acceptors (Lipinski definition) is 4. The van der Waals surface area contributed by atoms with E-state index in [1.54, 1.807) is 0 Å². The van der Waals surface area contributed by atoms with E-state index in [-0.39, 0.29) is 24.5 Å². The first-order chi connectivity index (χ1) is 9.08. The molecule has 5 nitrogen and oxygen atoms in total. The van der Waals surface area contributed by atoms with E-state index in [1.807, 2.05) is 44.2 Å². The third kappa shape index (κ3) is 4.89. The number of nitrogens with zero attached hydrogens (tertiary/aromatic N) is 1. The molecule has 0 amide bonds. The normalized spacial score (nSPS) is 15.5. The number of rotatable bonds is 7. The van der Waals surface area contributed by atoms with Crippen molar-refractivity contribution < 1.29 is 10.3 Å². The summed E-state index contributed by atoms with van der Waals surface area (Å²) in [7, 11) is 0. The van der Waals surface area contributed by atoms with Gasteiger partial charge < -0.3 is 21.4 Å². The van der Waals surface area contributed by atoms with Crippen LogP contribution in [0.4, 0.5) is 0 Å². The minimum Gasteiger partial charge on any atom is -0.409 e. The number of aliphatic hydroxyl groups excluding tert-OH is 1. The second-order valence-electron chi connectivity index (χ2n) is 4.96. The van der Waals surface area contributed by atoms with Crippen LogP contribution in [0, 0.1) is 5.92 Å². The molecule has 1 unspecified atom stereocenters. The molecule has 0 fully saturated rings. The molecule has 0 spiro atoms. The summed E-state index contributed by atoms with van der Waals surface area (Å²) in [5, 5.41) is 24.5. The van der Waals surface area contributed by atoms with Gasteiger partial charge in [0.1, 0.15) is 5.84 Å². The Morgan fingerprint density at radius 2 is 1.95 bits per heavy atom. The number of oxime groups is 1. The molecule has 106 valence electrons. The van der Waals surface area contributed by atoms with Crippen LogP contribution < -0.4 is 11.1 Å². The fourth-order valence-electron chi connectivity index (χ4n) is 1.92. The van der Waals surface area contributed by atoms with E-state index in [0.717, 1.165) is 5.56 Å². The van der Waals surface area contributed by atoms with Crippen LogP contribution in [0.25, 0.3) is 0 Å². The smallest absolute Gasteiger partial charge is 0.141 e. The van der Waals surface area contributed by atoms with Crippen molar-refractivity contribution in [1.82, 2.24) is 5.32 Å². The molecule has 5 heteroatoms. The first-order valence-corrected chi connectivity index (χ1v) is 6.46. The number of nitrogens with two attached hydrogens (primary N) is 1. The van der Waals surface area contributed by atoms with Crippen molar-refractivity contribution in [3.63, 3.8) is 0 Å². The maximum atomic E-state index is 9.41. The average molecular weight is 265 g/mol. The van der Waals surface area contributed by atoms with Gasteiger partial charge in [0.2, 0.25) is 0 Å². The van der Waals surface area contributed by atoms with Gasteiger partial charge >= 0.3 is 0 Å². The van der Waals surface area contributed by atoms with Crippen LogP contribution in [0.5, 0.6) is 0 Å². The average Bonchev–Trinajstić information content (AvgIpc) is 2.43. The van der Waals surface area contributed by atoms with E-state index < -0.39 is 0 Å². The Balaban J connectivity index is 2.86. The lowest BCUT2D eigenvalue weighted by Gasteiger charge is -2.27. The summed E-state index contributed by atoms with van der Waals surface area (Å²) in [6.45, 7) is 4.13. The highest BCUT2D eigenvalue weighted by Crippen LogP contribution is 2.18. The lowest BCUT2D eigenvalue weighted by Crippen LogP contribution is -2.40. The van der Waals surface area contributed by atoms with E-state index in [4.69, 9.17) is 10.9 Å². The predicted octanol–water partition coefficient (Wildman–Crippen LogP) is 1.47. The maximum Gasteiger partial charge on any atom is 0.141 e. The minimum absolute atomic E-state index is 0.0308. The fourth-order valence-corrected chi connectivity index (χ4v) is 1.92. The van der Waals surface area contributed by atoms with Crippen molar-refractivity contribution in [2.45, 2.75) is 32.4 Å². The Hall–Kier alpha value is -1.59. The number of nitrogens with one attached hydrogen (secondary N) is 1. The van der Waals surface area contributed by atoms with Gasteiger partial charge in [-0.1, -0.05) is 49.3 Å². The molecule has 1 aromatic carbocycles. The van der Waals surface area contributed by atoms with Crippen LogP contribution in [0.2, 0.25) is 0 Å². The summed E-state index contributed by atoms with van der Waals surface area (Å²) in [6.07, 6.45) is 0.393. The minimum atomic E-state index is -0.0864. The molecule has 1 rings (SSSR count). The molecule has 0 saturated carbocycles. The Morgan fingerprint density at radius 3 is 2.42 bits per heavy atom. The van der Waals surface area contributed by atoms with Crippen LogP contribution >= 0.6 is 0 Å². The van der Waals surface area contributed by atoms with E-state index in [9.17, 15) is 5.11 Å². The summed E-state index contributed by atoms with van der Waals surface area (Å²) in [5.41, 5.74) is 6.65. The molecule has 0 radical (unpaired) electrons. The van der Waals surface area contributed by atoms with E-state index in [2.05, 4.69) is 10.5 Å². The second-order valence-corrected chi connectivity index (χ2v) is 4.96. The molecule has 1 aromatic rings. The summed E-state index contributed by atoms with van der Waals surface area (Å²) >= 11 is 0. The maximum absolute atomic E-state index is 9.41. The monoisotopic (exact) mass is 265 g/mol. The van der Waals surface area contributed by atoms with Crippen molar-refractivity contribution in [2.75, 3.05) is 6.61 Å². The van der Waals surface area contributed by atoms with Crippen molar-refractivity contribution in [3.05, 3.63) is 35.9 Å². The van der Waals surface area contributed by atoms with Gasteiger partial charge in [0, 0.05) is 18.5 Å². The molecule has 0 aliphatic heterocycles. The molecule has 0 saturated heterocycles. The Labute approximate surface area is 114 Å².